The quantitative estimate of drug-likeness (QED) is 0.882. The van der Waals surface area contributed by atoms with Gasteiger partial charge in [0.25, 0.3) is 5.91 Å². The summed E-state index contributed by atoms with van der Waals surface area (Å²) in [4.78, 5) is 25.8. The summed E-state index contributed by atoms with van der Waals surface area (Å²) < 4.78 is 0. The summed E-state index contributed by atoms with van der Waals surface area (Å²) in [5.41, 5.74) is 2.80. The molecule has 0 aromatic heterocycles. The molecule has 2 aromatic carbocycles. The summed E-state index contributed by atoms with van der Waals surface area (Å²) in [7, 11) is 0. The van der Waals surface area contributed by atoms with E-state index in [-0.39, 0.29) is 17.9 Å². The third kappa shape index (κ3) is 4.47. The number of nitriles is 1. The van der Waals surface area contributed by atoms with Crippen molar-refractivity contribution in [1.29, 1.82) is 5.26 Å². The maximum atomic E-state index is 12.5. The van der Waals surface area contributed by atoms with Crippen LogP contribution in [0.1, 0.15) is 35.7 Å². The molecule has 0 aliphatic carbocycles. The molecule has 138 valence electrons. The second kappa shape index (κ2) is 8.24. The fourth-order valence-corrected chi connectivity index (χ4v) is 3.47. The highest BCUT2D eigenvalue weighted by atomic mass is 35.5. The largest absolute Gasteiger partial charge is 0.348 e. The van der Waals surface area contributed by atoms with E-state index < -0.39 is 0 Å². The zero-order valence-electron chi connectivity index (χ0n) is 15.0. The highest BCUT2D eigenvalue weighted by Crippen LogP contribution is 2.25. The number of hydrogen-bond donors (Lipinski definition) is 1. The van der Waals surface area contributed by atoms with Crippen molar-refractivity contribution in [3.8, 4) is 17.2 Å². The molecule has 0 spiro atoms. The third-order valence-electron chi connectivity index (χ3n) is 4.77. The SMILES string of the molecule is CC(=O)N1CCCC(NC(=O)c2ccc(-c3ccc(C#N)c(Cl)c3)cc2)C1. The molecule has 1 N–H and O–H groups in total. The van der Waals surface area contributed by atoms with Crippen molar-refractivity contribution < 1.29 is 9.59 Å². The number of halogens is 1. The Hall–Kier alpha value is -2.84. The van der Waals surface area contributed by atoms with Crippen LogP contribution in [0.15, 0.2) is 42.5 Å². The van der Waals surface area contributed by atoms with E-state index in [4.69, 9.17) is 16.9 Å². The average Bonchev–Trinajstić information content (AvgIpc) is 2.68. The van der Waals surface area contributed by atoms with E-state index >= 15 is 0 Å². The number of likely N-dealkylation sites (tertiary alicyclic amines) is 1. The molecule has 0 saturated carbocycles. The number of piperidine rings is 1. The van der Waals surface area contributed by atoms with Gasteiger partial charge in [-0.25, -0.2) is 0 Å². The summed E-state index contributed by atoms with van der Waals surface area (Å²) in [6, 6.07) is 14.5. The average molecular weight is 382 g/mol. The Morgan fingerprint density at radius 1 is 1.19 bits per heavy atom. The van der Waals surface area contributed by atoms with E-state index in [2.05, 4.69) is 5.32 Å². The number of nitrogens with one attached hydrogen (secondary N) is 1. The van der Waals surface area contributed by atoms with Crippen molar-refractivity contribution in [3.63, 3.8) is 0 Å². The number of rotatable bonds is 3. The Bertz CT molecular complexity index is 903. The van der Waals surface area contributed by atoms with Crippen LogP contribution in [0, 0.1) is 11.3 Å². The maximum absolute atomic E-state index is 12.5. The van der Waals surface area contributed by atoms with E-state index in [0.29, 0.717) is 22.7 Å². The first-order valence-electron chi connectivity index (χ1n) is 8.84. The van der Waals surface area contributed by atoms with Gasteiger partial charge in [0.15, 0.2) is 0 Å². The van der Waals surface area contributed by atoms with E-state index in [9.17, 15) is 9.59 Å². The van der Waals surface area contributed by atoms with Gasteiger partial charge < -0.3 is 10.2 Å². The molecule has 0 radical (unpaired) electrons. The molecule has 0 bridgehead atoms. The molecule has 1 atom stereocenters. The fraction of sp³-hybridized carbons (Fsp3) is 0.286. The molecule has 2 amide bonds. The molecular weight excluding hydrogens is 362 g/mol. The van der Waals surface area contributed by atoms with Crippen LogP contribution in [-0.4, -0.2) is 35.8 Å². The van der Waals surface area contributed by atoms with Crippen LogP contribution in [0.5, 0.6) is 0 Å². The smallest absolute Gasteiger partial charge is 0.251 e. The number of benzene rings is 2. The molecule has 1 heterocycles. The Balaban J connectivity index is 1.68. The molecule has 2 aromatic rings. The molecule has 5 nitrogen and oxygen atoms in total. The number of hydrogen-bond acceptors (Lipinski definition) is 3. The summed E-state index contributed by atoms with van der Waals surface area (Å²) in [6.45, 7) is 2.87. The van der Waals surface area contributed by atoms with Gasteiger partial charge in [0.1, 0.15) is 6.07 Å². The Labute approximate surface area is 163 Å². The van der Waals surface area contributed by atoms with Crippen LogP contribution < -0.4 is 5.32 Å². The van der Waals surface area contributed by atoms with Gasteiger partial charge in [0, 0.05) is 31.6 Å². The highest BCUT2D eigenvalue weighted by molar-refractivity contribution is 6.32. The number of carbonyl (C=O) groups excluding carboxylic acids is 2. The molecule has 1 fully saturated rings. The first kappa shape index (κ1) is 18.9. The van der Waals surface area contributed by atoms with Crippen LogP contribution in [0.4, 0.5) is 0 Å². The normalized spacial score (nSPS) is 16.5. The van der Waals surface area contributed by atoms with E-state index in [1.165, 1.54) is 0 Å². The minimum Gasteiger partial charge on any atom is -0.348 e. The molecule has 1 aliphatic rings. The molecule has 1 saturated heterocycles. The molecule has 6 heteroatoms. The van der Waals surface area contributed by atoms with E-state index in [1.54, 1.807) is 36.1 Å². The molecule has 27 heavy (non-hydrogen) atoms. The first-order chi connectivity index (χ1) is 13.0. The zero-order chi connectivity index (χ0) is 19.4. The maximum Gasteiger partial charge on any atom is 0.251 e. The zero-order valence-corrected chi connectivity index (χ0v) is 15.8. The van der Waals surface area contributed by atoms with E-state index in [1.807, 2.05) is 24.3 Å². The summed E-state index contributed by atoms with van der Waals surface area (Å²) in [6.07, 6.45) is 1.76. The predicted octanol–water partition coefficient (Wildman–Crippen LogP) is 3.62. The first-order valence-corrected chi connectivity index (χ1v) is 9.22. The molecule has 3 rings (SSSR count). The standard InChI is InChI=1S/C21H20ClN3O2/c1-14(26)25-10-2-3-19(13-25)24-21(27)16-6-4-15(5-7-16)17-8-9-18(12-23)20(22)11-17/h4-9,11,19H,2-3,10,13H2,1H3,(H,24,27). The lowest BCUT2D eigenvalue weighted by atomic mass is 10.0. The van der Waals surface area contributed by atoms with Gasteiger partial charge in [0.2, 0.25) is 5.91 Å². The van der Waals surface area contributed by atoms with Gasteiger partial charge in [0.05, 0.1) is 10.6 Å². The predicted molar refractivity (Wildman–Crippen MR) is 104 cm³/mol. The van der Waals surface area contributed by atoms with Crippen molar-refractivity contribution >= 4 is 23.4 Å². The summed E-state index contributed by atoms with van der Waals surface area (Å²) in [5, 5.41) is 12.4. The summed E-state index contributed by atoms with van der Waals surface area (Å²) in [5.74, 6) is -0.103. The minimum absolute atomic E-state index is 0.0211. The second-order valence-electron chi connectivity index (χ2n) is 6.66. The van der Waals surface area contributed by atoms with Crippen LogP contribution in [0.3, 0.4) is 0 Å². The lowest BCUT2D eigenvalue weighted by Gasteiger charge is -2.32. The van der Waals surface area contributed by atoms with Crippen molar-refractivity contribution in [1.82, 2.24) is 10.2 Å². The second-order valence-corrected chi connectivity index (χ2v) is 7.07. The fourth-order valence-electron chi connectivity index (χ4n) is 3.25. The van der Waals surface area contributed by atoms with Crippen LogP contribution in [0.25, 0.3) is 11.1 Å². The Morgan fingerprint density at radius 2 is 1.89 bits per heavy atom. The number of amides is 2. The van der Waals surface area contributed by atoms with E-state index in [0.717, 1.165) is 30.5 Å². The van der Waals surface area contributed by atoms with Crippen molar-refractivity contribution in [2.75, 3.05) is 13.1 Å². The third-order valence-corrected chi connectivity index (χ3v) is 5.08. The van der Waals surface area contributed by atoms with Crippen molar-refractivity contribution in [3.05, 3.63) is 58.6 Å². The Morgan fingerprint density at radius 3 is 2.52 bits per heavy atom. The number of carbonyl (C=O) groups is 2. The number of nitrogens with zero attached hydrogens (tertiary/aromatic N) is 2. The summed E-state index contributed by atoms with van der Waals surface area (Å²) >= 11 is 6.09. The van der Waals surface area contributed by atoms with Gasteiger partial charge in [-0.1, -0.05) is 29.8 Å². The van der Waals surface area contributed by atoms with Crippen LogP contribution >= 0.6 is 11.6 Å². The van der Waals surface area contributed by atoms with Crippen LogP contribution in [0.2, 0.25) is 5.02 Å². The lowest BCUT2D eigenvalue weighted by molar-refractivity contribution is -0.130. The van der Waals surface area contributed by atoms with Crippen LogP contribution in [-0.2, 0) is 4.79 Å². The van der Waals surface area contributed by atoms with Gasteiger partial charge in [-0.3, -0.25) is 9.59 Å². The molecular formula is C21H20ClN3O2. The van der Waals surface area contributed by atoms with Gasteiger partial charge in [-0.15, -0.1) is 0 Å². The minimum atomic E-state index is -0.144. The lowest BCUT2D eigenvalue weighted by Crippen LogP contribution is -2.49. The van der Waals surface area contributed by atoms with Crippen molar-refractivity contribution in [2.45, 2.75) is 25.8 Å². The van der Waals surface area contributed by atoms with Gasteiger partial charge in [-0.05, 0) is 48.2 Å². The molecule has 1 aliphatic heterocycles. The van der Waals surface area contributed by atoms with Gasteiger partial charge in [-0.2, -0.15) is 5.26 Å². The highest BCUT2D eigenvalue weighted by Gasteiger charge is 2.23. The topological polar surface area (TPSA) is 73.2 Å². The van der Waals surface area contributed by atoms with Crippen molar-refractivity contribution in [2.24, 2.45) is 0 Å². The molecule has 1 unspecified atom stereocenters. The Kier molecular flexibility index (Phi) is 5.78. The van der Waals surface area contributed by atoms with Gasteiger partial charge >= 0.3 is 0 Å². The monoisotopic (exact) mass is 381 g/mol.